The number of hydrogen-bond donors (Lipinski definition) is 1. The fourth-order valence-corrected chi connectivity index (χ4v) is 2.38. The van der Waals surface area contributed by atoms with Gasteiger partial charge in [-0.05, 0) is 41.3 Å². The number of aliphatic imine (C=N–C) groups is 1. The molecule has 0 saturated carbocycles. The molecule has 2 aromatic rings. The van der Waals surface area contributed by atoms with E-state index in [-0.39, 0.29) is 23.9 Å². The van der Waals surface area contributed by atoms with Gasteiger partial charge in [-0.25, -0.2) is 0 Å². The summed E-state index contributed by atoms with van der Waals surface area (Å²) in [7, 11) is 0. The third-order valence-corrected chi connectivity index (χ3v) is 3.89. The molecule has 2 aromatic carbocycles. The van der Waals surface area contributed by atoms with Crippen molar-refractivity contribution in [1.29, 1.82) is 0 Å². The van der Waals surface area contributed by atoms with Crippen LogP contribution in [0, 0.1) is 0 Å². The lowest BCUT2D eigenvalue weighted by atomic mass is 10.00. The van der Waals surface area contributed by atoms with E-state index in [9.17, 15) is 26.3 Å². The molecule has 2 rings (SSSR count). The molecule has 0 unspecified atom stereocenters. The molecule has 9 heteroatoms. The lowest BCUT2D eigenvalue weighted by Gasteiger charge is -2.15. The second-order valence-electron chi connectivity index (χ2n) is 6.35. The second-order valence-corrected chi connectivity index (χ2v) is 6.35. The maximum Gasteiger partial charge on any atom is 0.573 e. The SMILES string of the molecule is CC(C)c1ccc(OC(F)(F)F)c(C(N)=NCc2ccc(C(F)(F)F)cc2)c1. The van der Waals surface area contributed by atoms with Gasteiger partial charge in [-0.15, -0.1) is 13.2 Å². The van der Waals surface area contributed by atoms with Crippen LogP contribution in [-0.4, -0.2) is 12.2 Å². The van der Waals surface area contributed by atoms with Crippen molar-refractivity contribution >= 4 is 5.84 Å². The van der Waals surface area contributed by atoms with E-state index in [1.165, 1.54) is 30.3 Å². The minimum atomic E-state index is -4.90. The number of amidine groups is 1. The van der Waals surface area contributed by atoms with Gasteiger partial charge in [-0.3, -0.25) is 4.99 Å². The summed E-state index contributed by atoms with van der Waals surface area (Å²) in [4.78, 5) is 4.01. The number of hydrogen-bond acceptors (Lipinski definition) is 2. The van der Waals surface area contributed by atoms with E-state index < -0.39 is 23.9 Å². The highest BCUT2D eigenvalue weighted by Crippen LogP contribution is 2.30. The average molecular weight is 404 g/mol. The molecule has 152 valence electrons. The van der Waals surface area contributed by atoms with Crippen molar-refractivity contribution in [2.45, 2.75) is 38.8 Å². The van der Waals surface area contributed by atoms with Crippen LogP contribution in [0.2, 0.25) is 0 Å². The van der Waals surface area contributed by atoms with Crippen molar-refractivity contribution < 1.29 is 31.1 Å². The molecule has 0 atom stereocenters. The molecule has 28 heavy (non-hydrogen) atoms. The first kappa shape index (κ1) is 21.6. The molecular formula is C19H18F6N2O. The Hall–Kier alpha value is -2.71. The van der Waals surface area contributed by atoms with Crippen molar-refractivity contribution in [3.05, 3.63) is 64.7 Å². The van der Waals surface area contributed by atoms with Crippen LogP contribution in [0.3, 0.4) is 0 Å². The quantitative estimate of drug-likeness (QED) is 0.399. The van der Waals surface area contributed by atoms with Crippen molar-refractivity contribution in [3.63, 3.8) is 0 Å². The summed E-state index contributed by atoms with van der Waals surface area (Å²) in [5, 5.41) is 0. The van der Waals surface area contributed by atoms with Crippen LogP contribution >= 0.6 is 0 Å². The van der Waals surface area contributed by atoms with Gasteiger partial charge in [0.15, 0.2) is 0 Å². The maximum absolute atomic E-state index is 12.6. The summed E-state index contributed by atoms with van der Waals surface area (Å²) in [6, 6.07) is 8.39. The van der Waals surface area contributed by atoms with Gasteiger partial charge in [0.25, 0.3) is 0 Å². The molecule has 0 spiro atoms. The van der Waals surface area contributed by atoms with E-state index in [1.54, 1.807) is 0 Å². The summed E-state index contributed by atoms with van der Waals surface area (Å²) in [5.41, 5.74) is 6.17. The zero-order valence-corrected chi connectivity index (χ0v) is 15.0. The fourth-order valence-electron chi connectivity index (χ4n) is 2.38. The molecule has 0 saturated heterocycles. The van der Waals surface area contributed by atoms with Crippen LogP contribution in [0.25, 0.3) is 0 Å². The van der Waals surface area contributed by atoms with Crippen molar-refractivity contribution in [1.82, 2.24) is 0 Å². The van der Waals surface area contributed by atoms with E-state index in [0.717, 1.165) is 17.7 Å². The fraction of sp³-hybridized carbons (Fsp3) is 0.316. The van der Waals surface area contributed by atoms with Crippen LogP contribution in [0.5, 0.6) is 5.75 Å². The first-order valence-corrected chi connectivity index (χ1v) is 8.23. The third kappa shape index (κ3) is 5.90. The number of benzene rings is 2. The molecule has 0 radical (unpaired) electrons. The van der Waals surface area contributed by atoms with Crippen LogP contribution in [0.15, 0.2) is 47.5 Å². The van der Waals surface area contributed by atoms with Crippen molar-refractivity contribution in [3.8, 4) is 5.75 Å². The highest BCUT2D eigenvalue weighted by atomic mass is 19.4. The lowest BCUT2D eigenvalue weighted by molar-refractivity contribution is -0.274. The monoisotopic (exact) mass is 404 g/mol. The molecule has 2 N–H and O–H groups in total. The van der Waals surface area contributed by atoms with E-state index in [1.807, 2.05) is 13.8 Å². The van der Waals surface area contributed by atoms with Crippen LogP contribution in [0.4, 0.5) is 26.3 Å². The molecule has 0 aliphatic carbocycles. The molecule has 0 amide bonds. The summed E-state index contributed by atoms with van der Waals surface area (Å²) < 4.78 is 79.7. The molecular weight excluding hydrogens is 386 g/mol. The van der Waals surface area contributed by atoms with Crippen LogP contribution in [0.1, 0.15) is 42.0 Å². The molecule has 0 fully saturated rings. The van der Waals surface area contributed by atoms with Crippen LogP contribution in [-0.2, 0) is 12.7 Å². The summed E-state index contributed by atoms with van der Waals surface area (Å²) in [6.45, 7) is 3.62. The molecule has 0 heterocycles. The van der Waals surface area contributed by atoms with E-state index >= 15 is 0 Å². The van der Waals surface area contributed by atoms with Gasteiger partial charge in [0, 0.05) is 0 Å². The number of ether oxygens (including phenoxy) is 1. The van der Waals surface area contributed by atoms with Gasteiger partial charge < -0.3 is 10.5 Å². The number of nitrogens with zero attached hydrogens (tertiary/aromatic N) is 1. The number of rotatable bonds is 5. The molecule has 0 aromatic heterocycles. The van der Waals surface area contributed by atoms with Gasteiger partial charge in [0.05, 0.1) is 17.7 Å². The minimum Gasteiger partial charge on any atom is -0.405 e. The van der Waals surface area contributed by atoms with Gasteiger partial charge in [0.2, 0.25) is 0 Å². The topological polar surface area (TPSA) is 47.6 Å². The molecule has 0 aliphatic heterocycles. The van der Waals surface area contributed by atoms with Crippen molar-refractivity contribution in [2.75, 3.05) is 0 Å². The first-order chi connectivity index (χ1) is 12.9. The Labute approximate surface area is 157 Å². The molecule has 3 nitrogen and oxygen atoms in total. The zero-order chi connectivity index (χ0) is 21.1. The van der Waals surface area contributed by atoms with E-state index in [0.29, 0.717) is 5.56 Å². The lowest BCUT2D eigenvalue weighted by Crippen LogP contribution is -2.22. The zero-order valence-electron chi connectivity index (χ0n) is 15.0. The maximum atomic E-state index is 12.6. The van der Waals surface area contributed by atoms with Gasteiger partial charge in [-0.2, -0.15) is 13.2 Å². The van der Waals surface area contributed by atoms with E-state index in [4.69, 9.17) is 5.73 Å². The standard InChI is InChI=1S/C19H18F6N2O/c1-11(2)13-5-8-16(28-19(23,24)25)15(9-13)17(26)27-10-12-3-6-14(7-4-12)18(20,21)22/h3-9,11H,10H2,1-2H3,(H2,26,27). The molecule has 0 aliphatic rings. The predicted octanol–water partition coefficient (Wildman–Crippen LogP) is 5.63. The Morgan fingerprint density at radius 3 is 2.11 bits per heavy atom. The normalized spacial score (nSPS) is 13.1. The number of alkyl halides is 6. The Morgan fingerprint density at radius 2 is 1.61 bits per heavy atom. The van der Waals surface area contributed by atoms with Crippen molar-refractivity contribution in [2.24, 2.45) is 10.7 Å². The Morgan fingerprint density at radius 1 is 1.00 bits per heavy atom. The highest BCUT2D eigenvalue weighted by Gasteiger charge is 2.32. The third-order valence-electron chi connectivity index (χ3n) is 3.89. The average Bonchev–Trinajstić information content (AvgIpc) is 2.58. The number of nitrogens with two attached hydrogens (primary N) is 1. The Balaban J connectivity index is 2.30. The Kier molecular flexibility index (Phi) is 6.26. The summed E-state index contributed by atoms with van der Waals surface area (Å²) in [5.74, 6) is -0.673. The van der Waals surface area contributed by atoms with Gasteiger partial charge >= 0.3 is 12.5 Å². The second kappa shape index (κ2) is 8.12. The van der Waals surface area contributed by atoms with E-state index in [2.05, 4.69) is 9.73 Å². The number of halogens is 6. The van der Waals surface area contributed by atoms with Crippen LogP contribution < -0.4 is 10.5 Å². The largest absolute Gasteiger partial charge is 0.573 e. The summed E-state index contributed by atoms with van der Waals surface area (Å²) in [6.07, 6.45) is -9.36. The Bertz CT molecular complexity index is 839. The predicted molar refractivity (Wildman–Crippen MR) is 93.1 cm³/mol. The smallest absolute Gasteiger partial charge is 0.405 e. The van der Waals surface area contributed by atoms with Gasteiger partial charge in [-0.1, -0.05) is 32.0 Å². The first-order valence-electron chi connectivity index (χ1n) is 8.23. The van der Waals surface area contributed by atoms with Gasteiger partial charge in [0.1, 0.15) is 11.6 Å². The minimum absolute atomic E-state index is 0.0291. The molecule has 0 bridgehead atoms. The summed E-state index contributed by atoms with van der Waals surface area (Å²) >= 11 is 0. The highest BCUT2D eigenvalue weighted by molar-refractivity contribution is 6.00.